The third-order valence-electron chi connectivity index (χ3n) is 1.54. The number of nitriles is 1. The van der Waals surface area contributed by atoms with Crippen molar-refractivity contribution < 1.29 is 17.6 Å². The largest absolute Gasteiger partial charge is 0.325 e. The van der Waals surface area contributed by atoms with Gasteiger partial charge in [-0.15, -0.1) is 0 Å². The Morgan fingerprint density at radius 1 is 1.30 bits per heavy atom. The van der Waals surface area contributed by atoms with Crippen LogP contribution in [0.4, 0.5) is 17.6 Å². The molecule has 0 unspecified atom stereocenters. The van der Waals surface area contributed by atoms with Gasteiger partial charge in [-0.3, -0.25) is 0 Å². The predicted molar refractivity (Wildman–Crippen MR) is 23.6 cm³/mol. The van der Waals surface area contributed by atoms with Crippen LogP contribution in [0, 0.1) is 17.2 Å². The molecule has 0 bridgehead atoms. The lowest BCUT2D eigenvalue weighted by Crippen LogP contribution is -2.58. The van der Waals surface area contributed by atoms with Crippen LogP contribution in [-0.2, 0) is 0 Å². The van der Waals surface area contributed by atoms with E-state index in [1.807, 2.05) is 0 Å². The molecule has 0 saturated heterocycles. The molecule has 0 N–H and O–H groups in total. The first-order valence-electron chi connectivity index (χ1n) is 2.57. The zero-order chi connectivity index (χ0) is 7.99. The minimum absolute atomic E-state index is 1.02. The van der Waals surface area contributed by atoms with Crippen LogP contribution < -0.4 is 0 Å². The summed E-state index contributed by atoms with van der Waals surface area (Å²) in [5.74, 6) is -9.88. The van der Waals surface area contributed by atoms with Crippen molar-refractivity contribution in [3.8, 4) is 6.07 Å². The van der Waals surface area contributed by atoms with Gasteiger partial charge in [-0.1, -0.05) is 0 Å². The van der Waals surface area contributed by atoms with Crippen molar-refractivity contribution >= 4 is 0 Å². The smallest absolute Gasteiger partial charge is 0.200 e. The first-order valence-corrected chi connectivity index (χ1v) is 2.57. The van der Waals surface area contributed by atoms with Crippen LogP contribution >= 0.6 is 0 Å². The highest BCUT2D eigenvalue weighted by Gasteiger charge is 2.72. The van der Waals surface area contributed by atoms with E-state index in [4.69, 9.17) is 5.26 Å². The normalized spacial score (nSPS) is 34.1. The maximum Gasteiger partial charge on any atom is 0.325 e. The molecule has 0 radical (unpaired) electrons. The first-order chi connectivity index (χ1) is 4.42. The highest BCUT2D eigenvalue weighted by Crippen LogP contribution is 2.54. The fourth-order valence-electron chi connectivity index (χ4n) is 0.771. The molecule has 0 amide bonds. The third-order valence-corrected chi connectivity index (χ3v) is 1.54. The molecule has 56 valence electrons. The molecule has 0 spiro atoms. The van der Waals surface area contributed by atoms with Crippen molar-refractivity contribution in [3.63, 3.8) is 0 Å². The molecular weight excluding hydrogens is 150 g/mol. The summed E-state index contributed by atoms with van der Waals surface area (Å²) in [4.78, 5) is 0. The lowest BCUT2D eigenvalue weighted by Gasteiger charge is -2.39. The van der Waals surface area contributed by atoms with E-state index in [2.05, 4.69) is 0 Å². The summed E-state index contributed by atoms with van der Waals surface area (Å²) in [7, 11) is 0. The van der Waals surface area contributed by atoms with Crippen LogP contribution in [0.5, 0.6) is 0 Å². The highest BCUT2D eigenvalue weighted by atomic mass is 19.3. The molecule has 0 aliphatic heterocycles. The first kappa shape index (κ1) is 7.32. The van der Waals surface area contributed by atoms with Crippen LogP contribution in [0.3, 0.4) is 0 Å². The molecule has 1 nitrogen and oxygen atoms in total. The summed E-state index contributed by atoms with van der Waals surface area (Å²) in [6.07, 6.45) is -1.02. The quantitative estimate of drug-likeness (QED) is 0.487. The molecule has 0 aromatic rings. The van der Waals surface area contributed by atoms with Crippen molar-refractivity contribution in [2.75, 3.05) is 0 Å². The van der Waals surface area contributed by atoms with Gasteiger partial charge < -0.3 is 0 Å². The number of hydrogen-bond donors (Lipinski definition) is 0. The Morgan fingerprint density at radius 3 is 1.90 bits per heavy atom. The standard InChI is InChI=1S/C5H3F4N/c6-4(7)1-3(2-10)5(4,8)9/h3H,1H2/t3-/m0/s1. The van der Waals surface area contributed by atoms with Gasteiger partial charge in [0.05, 0.1) is 6.07 Å². The number of hydrogen-bond acceptors (Lipinski definition) is 1. The van der Waals surface area contributed by atoms with E-state index in [1.165, 1.54) is 0 Å². The Morgan fingerprint density at radius 2 is 1.80 bits per heavy atom. The molecule has 5 heteroatoms. The summed E-state index contributed by atoms with van der Waals surface area (Å²) >= 11 is 0. The molecule has 1 fully saturated rings. The number of alkyl halides is 4. The molecule has 0 heterocycles. The molecule has 1 rings (SSSR count). The molecule has 1 aliphatic rings. The van der Waals surface area contributed by atoms with Gasteiger partial charge in [0.1, 0.15) is 5.92 Å². The van der Waals surface area contributed by atoms with E-state index in [0.29, 0.717) is 0 Å². The Balaban J connectivity index is 2.77. The fourth-order valence-corrected chi connectivity index (χ4v) is 0.771. The van der Waals surface area contributed by atoms with Crippen LogP contribution in [-0.4, -0.2) is 11.8 Å². The predicted octanol–water partition coefficient (Wildman–Crippen LogP) is 1.80. The SMILES string of the molecule is N#C[C@@H]1CC(F)(F)C1(F)F. The summed E-state index contributed by atoms with van der Waals surface area (Å²) in [5.41, 5.74) is 0. The summed E-state index contributed by atoms with van der Waals surface area (Å²) in [6, 6.07) is 1.12. The highest BCUT2D eigenvalue weighted by molar-refractivity contribution is 5.11. The number of halogens is 4. The molecule has 0 aromatic heterocycles. The maximum absolute atomic E-state index is 12.0. The number of rotatable bonds is 0. The van der Waals surface area contributed by atoms with Gasteiger partial charge in [0.25, 0.3) is 0 Å². The maximum atomic E-state index is 12.0. The van der Waals surface area contributed by atoms with E-state index >= 15 is 0 Å². The lowest BCUT2D eigenvalue weighted by atomic mass is 9.78. The Hall–Kier alpha value is -0.790. The van der Waals surface area contributed by atoms with Gasteiger partial charge >= 0.3 is 11.8 Å². The van der Waals surface area contributed by atoms with Gasteiger partial charge in [0.2, 0.25) is 0 Å². The Labute approximate surface area is 54.2 Å². The minimum Gasteiger partial charge on any atom is -0.200 e. The van der Waals surface area contributed by atoms with E-state index in [9.17, 15) is 17.6 Å². The van der Waals surface area contributed by atoms with E-state index in [0.717, 1.165) is 6.07 Å². The topological polar surface area (TPSA) is 23.8 Å². The van der Waals surface area contributed by atoms with Crippen molar-refractivity contribution in [2.24, 2.45) is 5.92 Å². The average molecular weight is 153 g/mol. The third kappa shape index (κ3) is 0.618. The van der Waals surface area contributed by atoms with Crippen LogP contribution in [0.2, 0.25) is 0 Å². The molecule has 0 aromatic carbocycles. The Kier molecular flexibility index (Phi) is 1.19. The minimum atomic E-state index is -4.11. The molecule has 10 heavy (non-hydrogen) atoms. The van der Waals surface area contributed by atoms with Crippen molar-refractivity contribution in [3.05, 3.63) is 0 Å². The van der Waals surface area contributed by atoms with Crippen molar-refractivity contribution in [1.82, 2.24) is 0 Å². The molecular formula is C5H3F4N. The zero-order valence-corrected chi connectivity index (χ0v) is 4.74. The average Bonchev–Trinajstić information content (AvgIpc) is 1.83. The molecule has 1 saturated carbocycles. The summed E-state index contributed by atoms with van der Waals surface area (Å²) < 4.78 is 47.7. The second kappa shape index (κ2) is 1.62. The second-order valence-corrected chi connectivity index (χ2v) is 2.21. The van der Waals surface area contributed by atoms with E-state index < -0.39 is 24.2 Å². The van der Waals surface area contributed by atoms with Crippen molar-refractivity contribution in [1.29, 1.82) is 5.26 Å². The monoisotopic (exact) mass is 153 g/mol. The summed E-state index contributed by atoms with van der Waals surface area (Å²) in [6.45, 7) is 0. The van der Waals surface area contributed by atoms with Gasteiger partial charge in [0.15, 0.2) is 0 Å². The molecule has 1 atom stereocenters. The zero-order valence-electron chi connectivity index (χ0n) is 4.74. The van der Waals surface area contributed by atoms with Crippen LogP contribution in [0.1, 0.15) is 6.42 Å². The lowest BCUT2D eigenvalue weighted by molar-refractivity contribution is -0.299. The second-order valence-electron chi connectivity index (χ2n) is 2.21. The molecule has 1 aliphatic carbocycles. The van der Waals surface area contributed by atoms with Gasteiger partial charge in [-0.05, 0) is 0 Å². The Bertz CT molecular complexity index is 192. The fraction of sp³-hybridized carbons (Fsp3) is 0.800. The van der Waals surface area contributed by atoms with Crippen LogP contribution in [0.15, 0.2) is 0 Å². The summed E-state index contributed by atoms with van der Waals surface area (Å²) in [5, 5.41) is 7.89. The van der Waals surface area contributed by atoms with Crippen molar-refractivity contribution in [2.45, 2.75) is 18.3 Å². The van der Waals surface area contributed by atoms with Crippen LogP contribution in [0.25, 0.3) is 0 Å². The van der Waals surface area contributed by atoms with E-state index in [1.54, 1.807) is 0 Å². The van der Waals surface area contributed by atoms with Gasteiger partial charge in [-0.2, -0.15) is 22.8 Å². The van der Waals surface area contributed by atoms with E-state index in [-0.39, 0.29) is 0 Å². The number of nitrogens with zero attached hydrogens (tertiary/aromatic N) is 1. The van der Waals surface area contributed by atoms with Gasteiger partial charge in [0, 0.05) is 6.42 Å². The van der Waals surface area contributed by atoms with Gasteiger partial charge in [-0.25, -0.2) is 0 Å².